The van der Waals surface area contributed by atoms with Gasteiger partial charge in [-0.05, 0) is 37.1 Å². The molecule has 10 heteroatoms. The number of hydrogen-bond acceptors (Lipinski definition) is 6. The van der Waals surface area contributed by atoms with Gasteiger partial charge in [-0.1, -0.05) is 6.07 Å². The van der Waals surface area contributed by atoms with Crippen LogP contribution in [-0.4, -0.2) is 20.9 Å². The molecule has 2 heterocycles. The largest absolute Gasteiger partial charge is 0.416 e. The second kappa shape index (κ2) is 7.97. The summed E-state index contributed by atoms with van der Waals surface area (Å²) in [6.07, 6.45) is 1.77. The van der Waals surface area contributed by atoms with E-state index in [1.165, 1.54) is 18.5 Å². The summed E-state index contributed by atoms with van der Waals surface area (Å²) in [6.45, 7) is 0. The second-order valence-electron chi connectivity index (χ2n) is 6.84. The molecule has 0 aliphatic heterocycles. The van der Waals surface area contributed by atoms with Crippen LogP contribution in [0.5, 0.6) is 0 Å². The van der Waals surface area contributed by atoms with E-state index in [2.05, 4.69) is 30.9 Å². The maximum Gasteiger partial charge on any atom is 0.416 e. The number of nitrogens with one attached hydrogen (secondary N) is 3. The van der Waals surface area contributed by atoms with E-state index in [1.807, 2.05) is 0 Å². The zero-order valence-corrected chi connectivity index (χ0v) is 15.6. The van der Waals surface area contributed by atoms with Gasteiger partial charge in [0.25, 0.3) is 0 Å². The Hall–Kier alpha value is -3.69. The van der Waals surface area contributed by atoms with Crippen LogP contribution in [0.1, 0.15) is 18.4 Å². The highest BCUT2D eigenvalue weighted by Crippen LogP contribution is 2.32. The number of rotatable bonds is 6. The van der Waals surface area contributed by atoms with Gasteiger partial charge in [0, 0.05) is 17.7 Å². The molecule has 0 bridgehead atoms. The van der Waals surface area contributed by atoms with E-state index in [0.29, 0.717) is 23.0 Å². The Balaban J connectivity index is 1.46. The fourth-order valence-corrected chi connectivity index (χ4v) is 2.73. The van der Waals surface area contributed by atoms with E-state index < -0.39 is 11.7 Å². The zero-order chi connectivity index (χ0) is 21.1. The minimum atomic E-state index is -4.43. The topological polar surface area (TPSA) is 91.8 Å². The number of aromatic nitrogens is 3. The summed E-state index contributed by atoms with van der Waals surface area (Å²) in [5.41, 5.74) is 0.651. The van der Waals surface area contributed by atoms with Gasteiger partial charge >= 0.3 is 6.18 Å². The van der Waals surface area contributed by atoms with Crippen LogP contribution in [0.3, 0.4) is 0 Å². The molecule has 0 spiro atoms. The van der Waals surface area contributed by atoms with E-state index in [-0.39, 0.29) is 17.5 Å². The summed E-state index contributed by atoms with van der Waals surface area (Å²) in [5, 5.41) is 8.69. The number of benzene rings is 1. The van der Waals surface area contributed by atoms with Gasteiger partial charge in [-0.15, -0.1) is 0 Å². The first-order chi connectivity index (χ1) is 14.4. The van der Waals surface area contributed by atoms with Gasteiger partial charge < -0.3 is 16.0 Å². The molecule has 1 aromatic carbocycles. The zero-order valence-electron chi connectivity index (χ0n) is 15.6. The molecular formula is C20H17F3N6O. The number of hydrogen-bond donors (Lipinski definition) is 3. The number of halogens is 3. The normalized spacial score (nSPS) is 13.6. The molecule has 0 radical (unpaired) electrons. The van der Waals surface area contributed by atoms with Crippen LogP contribution in [0, 0.1) is 5.92 Å². The summed E-state index contributed by atoms with van der Waals surface area (Å²) in [4.78, 5) is 24.1. The number of pyridine rings is 1. The fourth-order valence-electron chi connectivity index (χ4n) is 2.73. The first-order valence-electron chi connectivity index (χ1n) is 9.16. The Bertz CT molecular complexity index is 1070. The summed E-state index contributed by atoms with van der Waals surface area (Å²) in [6, 6.07) is 8.11. The van der Waals surface area contributed by atoms with Crippen LogP contribution < -0.4 is 16.0 Å². The van der Waals surface area contributed by atoms with Gasteiger partial charge in [-0.3, -0.25) is 9.78 Å². The van der Waals surface area contributed by atoms with Crippen LogP contribution in [0.4, 0.5) is 41.9 Å². The smallest absolute Gasteiger partial charge is 0.340 e. The van der Waals surface area contributed by atoms with Gasteiger partial charge in [-0.2, -0.15) is 13.2 Å². The molecule has 7 nitrogen and oxygen atoms in total. The van der Waals surface area contributed by atoms with Crippen molar-refractivity contribution in [1.29, 1.82) is 0 Å². The Morgan fingerprint density at radius 2 is 1.63 bits per heavy atom. The molecule has 30 heavy (non-hydrogen) atoms. The molecule has 3 aromatic rings. The minimum Gasteiger partial charge on any atom is -0.340 e. The maximum atomic E-state index is 12.9. The number of alkyl halides is 3. The van der Waals surface area contributed by atoms with Crippen LogP contribution in [0.25, 0.3) is 0 Å². The van der Waals surface area contributed by atoms with Crippen LogP contribution in [0.15, 0.2) is 55.1 Å². The maximum absolute atomic E-state index is 12.9. The molecule has 1 fully saturated rings. The number of anilines is 5. The average molecular weight is 414 g/mol. The van der Waals surface area contributed by atoms with Crippen molar-refractivity contribution in [1.82, 2.24) is 15.0 Å². The number of amides is 1. The van der Waals surface area contributed by atoms with E-state index in [1.54, 1.807) is 24.5 Å². The predicted molar refractivity (Wildman–Crippen MR) is 106 cm³/mol. The third-order valence-electron chi connectivity index (χ3n) is 4.36. The predicted octanol–water partition coefficient (Wildman–Crippen LogP) is 4.73. The lowest BCUT2D eigenvalue weighted by Gasteiger charge is -2.11. The Morgan fingerprint density at radius 3 is 2.33 bits per heavy atom. The molecular weight excluding hydrogens is 397 g/mol. The SMILES string of the molecule is O=C(Nc1cncc(Nc2cc(Nc3cccc(C(F)(F)F)c3)ncn2)c1)C1CC1. The summed E-state index contributed by atoms with van der Waals surface area (Å²) < 4.78 is 38.6. The average Bonchev–Trinajstić information content (AvgIpc) is 3.54. The van der Waals surface area contributed by atoms with Crippen molar-refractivity contribution >= 4 is 34.6 Å². The van der Waals surface area contributed by atoms with E-state index in [9.17, 15) is 18.0 Å². The molecule has 4 rings (SSSR count). The van der Waals surface area contributed by atoms with Crippen LogP contribution in [0.2, 0.25) is 0 Å². The molecule has 2 aromatic heterocycles. The first kappa shape index (κ1) is 19.6. The lowest BCUT2D eigenvalue weighted by Crippen LogP contribution is -2.13. The van der Waals surface area contributed by atoms with Crippen molar-refractivity contribution in [3.63, 3.8) is 0 Å². The van der Waals surface area contributed by atoms with Crippen molar-refractivity contribution in [3.05, 3.63) is 60.7 Å². The molecule has 1 aliphatic carbocycles. The number of carbonyl (C=O) groups excluding carboxylic acids is 1. The third-order valence-corrected chi connectivity index (χ3v) is 4.36. The van der Waals surface area contributed by atoms with E-state index >= 15 is 0 Å². The summed E-state index contributed by atoms with van der Waals surface area (Å²) in [5.74, 6) is 0.779. The lowest BCUT2D eigenvalue weighted by atomic mass is 10.2. The minimum absolute atomic E-state index is 0.0245. The highest BCUT2D eigenvalue weighted by molar-refractivity contribution is 5.94. The molecule has 154 valence electrons. The third kappa shape index (κ3) is 5.02. The second-order valence-corrected chi connectivity index (χ2v) is 6.84. The van der Waals surface area contributed by atoms with Gasteiger partial charge in [0.2, 0.25) is 5.91 Å². The molecule has 1 aliphatic rings. The van der Waals surface area contributed by atoms with Crippen molar-refractivity contribution in [2.75, 3.05) is 16.0 Å². The van der Waals surface area contributed by atoms with E-state index in [4.69, 9.17) is 0 Å². The summed E-state index contributed by atoms with van der Waals surface area (Å²) in [7, 11) is 0. The molecule has 1 amide bonds. The van der Waals surface area contributed by atoms with Crippen LogP contribution in [-0.2, 0) is 11.0 Å². The van der Waals surface area contributed by atoms with Crippen molar-refractivity contribution < 1.29 is 18.0 Å². The van der Waals surface area contributed by atoms with Crippen LogP contribution >= 0.6 is 0 Å². The quantitative estimate of drug-likeness (QED) is 0.540. The van der Waals surface area contributed by atoms with Gasteiger partial charge in [0.15, 0.2) is 0 Å². The monoisotopic (exact) mass is 414 g/mol. The molecule has 1 saturated carbocycles. The molecule has 0 unspecified atom stereocenters. The number of nitrogens with zero attached hydrogens (tertiary/aromatic N) is 3. The molecule has 0 saturated heterocycles. The molecule has 0 atom stereocenters. The fraction of sp³-hybridized carbons (Fsp3) is 0.200. The van der Waals surface area contributed by atoms with Gasteiger partial charge in [0.1, 0.15) is 18.0 Å². The Morgan fingerprint density at radius 1 is 0.933 bits per heavy atom. The van der Waals surface area contributed by atoms with E-state index in [0.717, 1.165) is 25.0 Å². The Labute approximate surface area is 169 Å². The van der Waals surface area contributed by atoms with Crippen molar-refractivity contribution in [2.24, 2.45) is 5.92 Å². The first-order valence-corrected chi connectivity index (χ1v) is 9.16. The standard InChI is InChI=1S/C20H17F3N6O/c21-20(22,23)13-2-1-3-14(6-13)27-17-8-18(26-11-25-17)28-15-7-16(10-24-9-15)29-19(30)12-4-5-12/h1-3,6-12H,4-5H2,(H,29,30)(H2,25,26,27,28). The number of carbonyl (C=O) groups is 1. The van der Waals surface area contributed by atoms with Gasteiger partial charge in [-0.25, -0.2) is 9.97 Å². The van der Waals surface area contributed by atoms with Crippen molar-refractivity contribution in [2.45, 2.75) is 19.0 Å². The Kier molecular flexibility index (Phi) is 5.21. The summed E-state index contributed by atoms with van der Waals surface area (Å²) >= 11 is 0. The van der Waals surface area contributed by atoms with Crippen molar-refractivity contribution in [3.8, 4) is 0 Å². The highest BCUT2D eigenvalue weighted by atomic mass is 19.4. The lowest BCUT2D eigenvalue weighted by molar-refractivity contribution is -0.137. The highest BCUT2D eigenvalue weighted by Gasteiger charge is 2.30. The molecule has 3 N–H and O–H groups in total. The van der Waals surface area contributed by atoms with Gasteiger partial charge in [0.05, 0.1) is 29.3 Å².